The minimum atomic E-state index is -2.90. The molecule has 2 aromatic carbocycles. The highest BCUT2D eigenvalue weighted by atomic mass is 32.2. The van der Waals surface area contributed by atoms with Gasteiger partial charge in [-0.25, -0.2) is 12.8 Å². The first kappa shape index (κ1) is 23.9. The second-order valence-electron chi connectivity index (χ2n) is 8.78. The van der Waals surface area contributed by atoms with Crippen LogP contribution >= 0.6 is 0 Å². The van der Waals surface area contributed by atoms with Gasteiger partial charge in [-0.2, -0.15) is 0 Å². The van der Waals surface area contributed by atoms with Gasteiger partial charge in [-0.3, -0.25) is 0 Å². The standard InChI is InChI=1S/C26H36FNO2S/c1-3-16-31(29,30)17-6-5-7-20-8-11-22-12-15-26(28-4-2)25(24(22)18-20)19-21-9-13-23(27)14-10-21/h8-11,13-14,18,25-26,28H,3-7,12,15-17,19H2,1-2H3. The molecule has 1 aliphatic carbocycles. The Morgan fingerprint density at radius 3 is 2.45 bits per heavy atom. The Kier molecular flexibility index (Phi) is 8.67. The third kappa shape index (κ3) is 6.88. The molecule has 3 nitrogen and oxygen atoms in total. The lowest BCUT2D eigenvalue weighted by atomic mass is 9.75. The Morgan fingerprint density at radius 2 is 1.74 bits per heavy atom. The van der Waals surface area contributed by atoms with Crippen molar-refractivity contribution >= 4 is 9.84 Å². The van der Waals surface area contributed by atoms with Gasteiger partial charge in [-0.05, 0) is 85.9 Å². The molecule has 0 saturated heterocycles. The van der Waals surface area contributed by atoms with Crippen molar-refractivity contribution in [3.8, 4) is 0 Å². The van der Waals surface area contributed by atoms with Gasteiger partial charge < -0.3 is 5.32 Å². The number of nitrogens with one attached hydrogen (secondary N) is 1. The minimum Gasteiger partial charge on any atom is -0.314 e. The Hall–Kier alpha value is -1.72. The van der Waals surface area contributed by atoms with E-state index in [1.54, 1.807) is 12.1 Å². The summed E-state index contributed by atoms with van der Waals surface area (Å²) in [7, 11) is -2.90. The van der Waals surface area contributed by atoms with Crippen LogP contribution in [0.25, 0.3) is 0 Å². The maximum absolute atomic E-state index is 13.4. The van der Waals surface area contributed by atoms with E-state index in [1.165, 1.54) is 16.7 Å². The zero-order chi connectivity index (χ0) is 22.3. The number of benzene rings is 2. The van der Waals surface area contributed by atoms with Crippen LogP contribution in [0.3, 0.4) is 0 Å². The molecule has 5 heteroatoms. The first-order chi connectivity index (χ1) is 14.9. The summed E-state index contributed by atoms with van der Waals surface area (Å²) >= 11 is 0. The van der Waals surface area contributed by atoms with E-state index in [1.807, 2.05) is 19.1 Å². The molecule has 0 heterocycles. The smallest absolute Gasteiger partial charge is 0.150 e. The molecule has 0 fully saturated rings. The molecule has 2 aromatic rings. The Morgan fingerprint density at radius 1 is 1.00 bits per heavy atom. The van der Waals surface area contributed by atoms with Crippen LogP contribution < -0.4 is 5.32 Å². The predicted molar refractivity (Wildman–Crippen MR) is 127 cm³/mol. The molecule has 0 aliphatic heterocycles. The highest BCUT2D eigenvalue weighted by Crippen LogP contribution is 2.35. The number of unbranched alkanes of at least 4 members (excludes halogenated alkanes) is 1. The van der Waals surface area contributed by atoms with E-state index >= 15 is 0 Å². The Labute approximate surface area is 187 Å². The van der Waals surface area contributed by atoms with Gasteiger partial charge in [-0.15, -0.1) is 0 Å². The molecule has 0 radical (unpaired) electrons. The molecule has 1 N–H and O–H groups in total. The largest absolute Gasteiger partial charge is 0.314 e. The molecule has 31 heavy (non-hydrogen) atoms. The summed E-state index contributed by atoms with van der Waals surface area (Å²) in [5.74, 6) is 0.753. The molecule has 0 spiro atoms. The van der Waals surface area contributed by atoms with Gasteiger partial charge in [0.25, 0.3) is 0 Å². The quantitative estimate of drug-likeness (QED) is 0.482. The summed E-state index contributed by atoms with van der Waals surface area (Å²) in [4.78, 5) is 0. The fraction of sp³-hybridized carbons (Fsp3) is 0.538. The fourth-order valence-corrected chi connectivity index (χ4v) is 6.27. The van der Waals surface area contributed by atoms with Crippen LogP contribution in [0.5, 0.6) is 0 Å². The molecular formula is C26H36FNO2S. The fourth-order valence-electron chi connectivity index (χ4n) is 4.80. The molecule has 0 aromatic heterocycles. The maximum atomic E-state index is 13.4. The minimum absolute atomic E-state index is 0.195. The van der Waals surface area contributed by atoms with Crippen molar-refractivity contribution < 1.29 is 12.8 Å². The summed E-state index contributed by atoms with van der Waals surface area (Å²) < 4.78 is 37.2. The van der Waals surface area contributed by atoms with Crippen molar-refractivity contribution in [2.45, 2.75) is 70.8 Å². The molecule has 2 atom stereocenters. The monoisotopic (exact) mass is 445 g/mol. The normalized spacial score (nSPS) is 18.7. The van der Waals surface area contributed by atoms with Crippen LogP contribution in [0, 0.1) is 5.82 Å². The molecule has 1 aliphatic rings. The number of likely N-dealkylation sites (N-methyl/N-ethyl adjacent to an activating group) is 1. The number of fused-ring (bicyclic) bond motifs is 1. The predicted octanol–water partition coefficient (Wildman–Crippen LogP) is 5.22. The van der Waals surface area contributed by atoms with Gasteiger partial charge in [0, 0.05) is 17.7 Å². The van der Waals surface area contributed by atoms with E-state index in [2.05, 4.69) is 30.4 Å². The van der Waals surface area contributed by atoms with Crippen LogP contribution in [0.4, 0.5) is 4.39 Å². The average molecular weight is 446 g/mol. The van der Waals surface area contributed by atoms with Crippen molar-refractivity contribution in [1.82, 2.24) is 5.32 Å². The van der Waals surface area contributed by atoms with Crippen LogP contribution in [-0.2, 0) is 29.1 Å². The summed E-state index contributed by atoms with van der Waals surface area (Å²) in [5.41, 5.74) is 5.26. The zero-order valence-electron chi connectivity index (χ0n) is 18.9. The highest BCUT2D eigenvalue weighted by molar-refractivity contribution is 7.91. The lowest BCUT2D eigenvalue weighted by Gasteiger charge is -2.35. The summed E-state index contributed by atoms with van der Waals surface area (Å²) in [6, 6.07) is 14.1. The second-order valence-corrected chi connectivity index (χ2v) is 11.1. The van der Waals surface area contributed by atoms with Crippen molar-refractivity contribution in [3.63, 3.8) is 0 Å². The van der Waals surface area contributed by atoms with E-state index in [9.17, 15) is 12.8 Å². The van der Waals surface area contributed by atoms with Crippen molar-refractivity contribution in [3.05, 3.63) is 70.5 Å². The van der Waals surface area contributed by atoms with Crippen molar-refractivity contribution in [1.29, 1.82) is 0 Å². The first-order valence-corrected chi connectivity index (χ1v) is 13.5. The lowest BCUT2D eigenvalue weighted by molar-refractivity contribution is 0.391. The number of sulfone groups is 1. The number of halogens is 1. The summed E-state index contributed by atoms with van der Waals surface area (Å²) in [6.45, 7) is 4.99. The highest BCUT2D eigenvalue weighted by Gasteiger charge is 2.29. The second kappa shape index (κ2) is 11.2. The van der Waals surface area contributed by atoms with Gasteiger partial charge in [-0.1, -0.05) is 44.2 Å². The number of hydrogen-bond acceptors (Lipinski definition) is 3. The maximum Gasteiger partial charge on any atom is 0.150 e. The molecular weight excluding hydrogens is 409 g/mol. The third-order valence-electron chi connectivity index (χ3n) is 6.34. The van der Waals surface area contributed by atoms with Crippen molar-refractivity contribution in [2.75, 3.05) is 18.1 Å². The number of aryl methyl sites for hydroxylation is 2. The number of hydrogen-bond donors (Lipinski definition) is 1. The van der Waals surface area contributed by atoms with E-state index in [-0.39, 0.29) is 5.82 Å². The van der Waals surface area contributed by atoms with E-state index in [4.69, 9.17) is 0 Å². The molecule has 2 unspecified atom stereocenters. The SMILES string of the molecule is CCCS(=O)(=O)CCCCc1ccc2c(c1)C(Cc1ccc(F)cc1)C(NCC)CC2. The van der Waals surface area contributed by atoms with Crippen LogP contribution in [0.15, 0.2) is 42.5 Å². The summed E-state index contributed by atoms with van der Waals surface area (Å²) in [5, 5.41) is 3.67. The Bertz CT molecular complexity index is 940. The molecule has 0 amide bonds. The van der Waals surface area contributed by atoms with Gasteiger partial charge in [0.2, 0.25) is 0 Å². The third-order valence-corrected chi connectivity index (χ3v) is 8.28. The number of rotatable bonds is 11. The first-order valence-electron chi connectivity index (χ1n) is 11.7. The van der Waals surface area contributed by atoms with Crippen molar-refractivity contribution in [2.24, 2.45) is 0 Å². The Balaban J connectivity index is 1.72. The van der Waals surface area contributed by atoms with E-state index < -0.39 is 9.84 Å². The van der Waals surface area contributed by atoms with Crippen LogP contribution in [-0.4, -0.2) is 32.5 Å². The van der Waals surface area contributed by atoms with Gasteiger partial charge in [0.1, 0.15) is 15.7 Å². The van der Waals surface area contributed by atoms with Crippen LogP contribution in [0.1, 0.15) is 67.7 Å². The lowest BCUT2D eigenvalue weighted by Crippen LogP contribution is -2.39. The van der Waals surface area contributed by atoms with Gasteiger partial charge in [0.05, 0.1) is 5.75 Å². The molecule has 0 bridgehead atoms. The molecule has 0 saturated carbocycles. The van der Waals surface area contributed by atoms with Gasteiger partial charge >= 0.3 is 0 Å². The molecule has 170 valence electrons. The zero-order valence-corrected chi connectivity index (χ0v) is 19.7. The average Bonchev–Trinajstić information content (AvgIpc) is 2.74. The summed E-state index contributed by atoms with van der Waals surface area (Å²) in [6.07, 6.45) is 6.28. The van der Waals surface area contributed by atoms with E-state index in [0.29, 0.717) is 29.9 Å². The van der Waals surface area contributed by atoms with E-state index in [0.717, 1.165) is 50.6 Å². The molecule has 3 rings (SSSR count). The van der Waals surface area contributed by atoms with Gasteiger partial charge in [0.15, 0.2) is 0 Å². The van der Waals surface area contributed by atoms with Crippen LogP contribution in [0.2, 0.25) is 0 Å². The topological polar surface area (TPSA) is 46.2 Å².